The summed E-state index contributed by atoms with van der Waals surface area (Å²) >= 11 is 0. The largest absolute Gasteiger partial charge is 0.330 e. The lowest BCUT2D eigenvalue weighted by atomic mass is 9.93. The predicted octanol–water partition coefficient (Wildman–Crippen LogP) is 2.43. The lowest BCUT2D eigenvalue weighted by Gasteiger charge is -2.13. The van der Waals surface area contributed by atoms with Gasteiger partial charge in [0.15, 0.2) is 0 Å². The predicted molar refractivity (Wildman–Crippen MR) is 105 cm³/mol. The van der Waals surface area contributed by atoms with E-state index in [2.05, 4.69) is 36.1 Å². The molecule has 6 nitrogen and oxygen atoms in total. The summed E-state index contributed by atoms with van der Waals surface area (Å²) in [6, 6.07) is 8.06. The van der Waals surface area contributed by atoms with Gasteiger partial charge in [-0.3, -0.25) is 14.2 Å². The Hall–Kier alpha value is -2.44. The number of nitrogens with one attached hydrogen (secondary N) is 2. The van der Waals surface area contributed by atoms with Crippen LogP contribution in [0.1, 0.15) is 38.4 Å². The van der Waals surface area contributed by atoms with Crippen LogP contribution in [-0.2, 0) is 12.0 Å². The van der Waals surface area contributed by atoms with Crippen molar-refractivity contribution in [3.63, 3.8) is 0 Å². The van der Waals surface area contributed by atoms with Gasteiger partial charge in [0.05, 0.1) is 11.3 Å². The van der Waals surface area contributed by atoms with Gasteiger partial charge in [-0.05, 0) is 30.6 Å². The van der Waals surface area contributed by atoms with Crippen LogP contribution < -0.4 is 16.6 Å². The van der Waals surface area contributed by atoms with Gasteiger partial charge in [0.1, 0.15) is 0 Å². The number of aromatic amines is 1. The quantitative estimate of drug-likeness (QED) is 0.594. The van der Waals surface area contributed by atoms with E-state index in [1.807, 2.05) is 41.1 Å². The Balaban J connectivity index is 1.85. The first kappa shape index (κ1) is 18.4. The van der Waals surface area contributed by atoms with Crippen molar-refractivity contribution in [3.8, 4) is 11.1 Å². The average Bonchev–Trinajstić information content (AvgIpc) is 3.02. The molecule has 138 valence electrons. The van der Waals surface area contributed by atoms with E-state index in [-0.39, 0.29) is 11.0 Å². The highest BCUT2D eigenvalue weighted by atomic mass is 16.1. The fourth-order valence-corrected chi connectivity index (χ4v) is 2.78. The Morgan fingerprint density at radius 3 is 2.58 bits per heavy atom. The van der Waals surface area contributed by atoms with Crippen LogP contribution in [0.2, 0.25) is 0 Å². The molecule has 1 aromatic carbocycles. The number of imidazole rings is 1. The van der Waals surface area contributed by atoms with Crippen molar-refractivity contribution in [3.05, 3.63) is 58.3 Å². The van der Waals surface area contributed by atoms with Gasteiger partial charge >= 0.3 is 0 Å². The third-order valence-corrected chi connectivity index (χ3v) is 4.39. The molecule has 0 unspecified atom stereocenters. The molecular weight excluding hydrogens is 326 g/mol. The highest BCUT2D eigenvalue weighted by molar-refractivity contribution is 5.63. The van der Waals surface area contributed by atoms with Crippen LogP contribution in [0.4, 0.5) is 0 Å². The van der Waals surface area contributed by atoms with Crippen LogP contribution in [0.25, 0.3) is 16.9 Å². The third-order valence-electron chi connectivity index (χ3n) is 4.39. The minimum atomic E-state index is -0.127. The van der Waals surface area contributed by atoms with Crippen molar-refractivity contribution in [1.82, 2.24) is 19.7 Å². The van der Waals surface area contributed by atoms with Crippen molar-refractivity contribution in [2.45, 2.75) is 39.2 Å². The number of fused-ring (bicyclic) bond motifs is 1. The molecule has 0 aliphatic carbocycles. The maximum Gasteiger partial charge on any atom is 0.260 e. The molecule has 3 aromatic rings. The van der Waals surface area contributed by atoms with Gasteiger partial charge in [0.2, 0.25) is 5.78 Å². The summed E-state index contributed by atoms with van der Waals surface area (Å²) in [6.07, 6.45) is 4.80. The molecule has 0 aliphatic heterocycles. The molecule has 0 radical (unpaired) electrons. The summed E-state index contributed by atoms with van der Waals surface area (Å²) in [7, 11) is 0. The van der Waals surface area contributed by atoms with E-state index in [1.165, 1.54) is 5.56 Å². The number of hydrogen-bond donors (Lipinski definition) is 3. The Labute approximate surface area is 153 Å². The van der Waals surface area contributed by atoms with Crippen LogP contribution in [0, 0.1) is 0 Å². The fraction of sp³-hybridized carbons (Fsp3) is 0.400. The highest BCUT2D eigenvalue weighted by Crippen LogP contribution is 2.22. The molecule has 3 rings (SSSR count). The van der Waals surface area contributed by atoms with E-state index < -0.39 is 0 Å². The zero-order valence-corrected chi connectivity index (χ0v) is 15.7. The smallest absolute Gasteiger partial charge is 0.260 e. The van der Waals surface area contributed by atoms with Crippen molar-refractivity contribution < 1.29 is 0 Å². The Morgan fingerprint density at radius 1 is 1.19 bits per heavy atom. The molecule has 0 fully saturated rings. The number of rotatable bonds is 6. The molecule has 2 heterocycles. The number of benzene rings is 1. The maximum atomic E-state index is 12.5. The van der Waals surface area contributed by atoms with Gasteiger partial charge in [-0.15, -0.1) is 0 Å². The van der Waals surface area contributed by atoms with E-state index >= 15 is 0 Å². The molecule has 0 atom stereocenters. The Morgan fingerprint density at radius 2 is 1.92 bits per heavy atom. The summed E-state index contributed by atoms with van der Waals surface area (Å²) in [5.74, 6) is 0.574. The van der Waals surface area contributed by atoms with Crippen LogP contribution >= 0.6 is 0 Å². The summed E-state index contributed by atoms with van der Waals surface area (Å²) in [5, 5.41) is 3.35. The van der Waals surface area contributed by atoms with Crippen molar-refractivity contribution in [2.75, 3.05) is 13.1 Å². The summed E-state index contributed by atoms with van der Waals surface area (Å²) in [5.41, 5.74) is 8.96. The van der Waals surface area contributed by atoms with E-state index in [4.69, 9.17) is 5.73 Å². The van der Waals surface area contributed by atoms with Gasteiger partial charge in [-0.25, -0.2) is 4.98 Å². The number of H-pyrrole nitrogens is 1. The first-order valence-corrected chi connectivity index (χ1v) is 9.01. The van der Waals surface area contributed by atoms with Crippen molar-refractivity contribution in [1.29, 1.82) is 0 Å². The second-order valence-corrected chi connectivity index (χ2v) is 7.62. The topological polar surface area (TPSA) is 88.2 Å². The molecule has 0 bridgehead atoms. The van der Waals surface area contributed by atoms with Crippen molar-refractivity contribution >= 4 is 5.78 Å². The standard InChI is InChI=1S/C20H27N5O/c1-20(2,3)17-13-25-12-16(18(26)24-19(25)23-17)15-7-5-14(6-8-15)11-22-10-4-9-21/h5-8,12-13,22H,4,9-11,21H2,1-3H3,(H,23,24,26). The molecule has 26 heavy (non-hydrogen) atoms. The second kappa shape index (κ2) is 7.43. The SMILES string of the molecule is CC(C)(C)c1cn2cc(-c3ccc(CNCCCN)cc3)c(=O)[nH]c2n1. The van der Waals surface area contributed by atoms with Gasteiger partial charge in [0.25, 0.3) is 5.56 Å². The first-order chi connectivity index (χ1) is 12.4. The van der Waals surface area contributed by atoms with Crippen LogP contribution in [0.15, 0.2) is 41.5 Å². The van der Waals surface area contributed by atoms with Crippen molar-refractivity contribution in [2.24, 2.45) is 5.73 Å². The number of aromatic nitrogens is 3. The molecule has 0 amide bonds. The van der Waals surface area contributed by atoms with Crippen LogP contribution in [0.5, 0.6) is 0 Å². The summed E-state index contributed by atoms with van der Waals surface area (Å²) < 4.78 is 1.89. The molecule has 0 saturated carbocycles. The van der Waals surface area contributed by atoms with E-state index in [0.717, 1.165) is 30.8 Å². The molecule has 4 N–H and O–H groups in total. The molecule has 0 spiro atoms. The maximum absolute atomic E-state index is 12.5. The van der Waals surface area contributed by atoms with E-state index in [1.54, 1.807) is 0 Å². The Bertz CT molecular complexity index is 931. The summed E-state index contributed by atoms with van der Waals surface area (Å²) in [6.45, 7) is 8.72. The third kappa shape index (κ3) is 4.03. The van der Waals surface area contributed by atoms with E-state index in [0.29, 0.717) is 17.9 Å². The summed E-state index contributed by atoms with van der Waals surface area (Å²) in [4.78, 5) is 19.9. The lowest BCUT2D eigenvalue weighted by molar-refractivity contribution is 0.573. The molecule has 2 aromatic heterocycles. The first-order valence-electron chi connectivity index (χ1n) is 9.01. The monoisotopic (exact) mass is 353 g/mol. The van der Waals surface area contributed by atoms with E-state index in [9.17, 15) is 4.79 Å². The minimum Gasteiger partial charge on any atom is -0.330 e. The molecular formula is C20H27N5O. The zero-order valence-electron chi connectivity index (χ0n) is 15.7. The van der Waals surface area contributed by atoms with Gasteiger partial charge in [-0.1, -0.05) is 45.0 Å². The lowest BCUT2D eigenvalue weighted by Crippen LogP contribution is -2.17. The fourth-order valence-electron chi connectivity index (χ4n) is 2.78. The van der Waals surface area contributed by atoms with Gasteiger partial charge in [0, 0.05) is 24.4 Å². The average molecular weight is 353 g/mol. The van der Waals surface area contributed by atoms with Gasteiger partial charge in [-0.2, -0.15) is 0 Å². The zero-order chi connectivity index (χ0) is 18.7. The molecule has 0 saturated heterocycles. The number of nitrogens with zero attached hydrogens (tertiary/aromatic N) is 2. The minimum absolute atomic E-state index is 0.0678. The number of hydrogen-bond acceptors (Lipinski definition) is 4. The highest BCUT2D eigenvalue weighted by Gasteiger charge is 2.18. The second-order valence-electron chi connectivity index (χ2n) is 7.62. The molecule has 6 heteroatoms. The van der Waals surface area contributed by atoms with Crippen LogP contribution in [0.3, 0.4) is 0 Å². The number of nitrogens with two attached hydrogens (primary N) is 1. The Kier molecular flexibility index (Phi) is 5.25. The van der Waals surface area contributed by atoms with Crippen LogP contribution in [-0.4, -0.2) is 27.5 Å². The normalized spacial score (nSPS) is 12.0. The molecule has 0 aliphatic rings. The van der Waals surface area contributed by atoms with Gasteiger partial charge < -0.3 is 11.1 Å².